The fourth-order valence-corrected chi connectivity index (χ4v) is 1.61. The lowest BCUT2D eigenvalue weighted by molar-refractivity contribution is -0.384. The number of esters is 1. The Labute approximate surface area is 119 Å². The van der Waals surface area contributed by atoms with Crippen LogP contribution in [0.4, 0.5) is 15.8 Å². The first-order valence-electron chi connectivity index (χ1n) is 5.86. The molecule has 114 valence electrons. The maximum Gasteiger partial charge on any atom is 0.340 e. The molecule has 0 heterocycles. The lowest BCUT2D eigenvalue weighted by Gasteiger charge is -2.14. The molecule has 0 saturated carbocycles. The van der Waals surface area contributed by atoms with Gasteiger partial charge in [-0.1, -0.05) is 0 Å². The highest BCUT2D eigenvalue weighted by molar-refractivity contribution is 5.92. The molecule has 0 aromatic heterocycles. The number of rotatable bonds is 5. The lowest BCUT2D eigenvalue weighted by atomic mass is 10.1. The predicted octanol–water partition coefficient (Wildman–Crippen LogP) is 1.07. The van der Waals surface area contributed by atoms with Gasteiger partial charge in [0.15, 0.2) is 0 Å². The molecule has 0 fully saturated rings. The molecule has 0 aliphatic carbocycles. The van der Waals surface area contributed by atoms with Gasteiger partial charge in [0.2, 0.25) is 5.91 Å². The maximum absolute atomic E-state index is 13.7. The largest absolute Gasteiger partial charge is 0.465 e. The molecule has 0 spiro atoms. The van der Waals surface area contributed by atoms with E-state index in [4.69, 9.17) is 0 Å². The van der Waals surface area contributed by atoms with E-state index < -0.39 is 39.9 Å². The van der Waals surface area contributed by atoms with Crippen molar-refractivity contribution in [3.8, 4) is 0 Å². The normalized spacial score (nSPS) is 11.4. The van der Waals surface area contributed by atoms with Crippen LogP contribution in [0.25, 0.3) is 0 Å². The Balaban J connectivity index is 3.29. The summed E-state index contributed by atoms with van der Waals surface area (Å²) in [6.45, 7) is 1.46. The van der Waals surface area contributed by atoms with Crippen LogP contribution >= 0.6 is 0 Å². The summed E-state index contributed by atoms with van der Waals surface area (Å²) in [4.78, 5) is 32.9. The number of ether oxygens (including phenoxy) is 1. The van der Waals surface area contributed by atoms with Crippen molar-refractivity contribution in [2.45, 2.75) is 13.0 Å². The molecule has 0 bridgehead atoms. The third-order valence-electron chi connectivity index (χ3n) is 2.70. The van der Waals surface area contributed by atoms with Crippen molar-refractivity contribution in [3.63, 3.8) is 0 Å². The lowest BCUT2D eigenvalue weighted by Crippen LogP contribution is -2.35. The smallest absolute Gasteiger partial charge is 0.340 e. The predicted molar refractivity (Wildman–Crippen MR) is 71.5 cm³/mol. The second kappa shape index (κ2) is 6.64. The van der Waals surface area contributed by atoms with E-state index in [0.717, 1.165) is 13.2 Å². The number of halogens is 1. The molecule has 1 aromatic rings. The van der Waals surface area contributed by atoms with Gasteiger partial charge in [-0.2, -0.15) is 0 Å². The Morgan fingerprint density at radius 2 is 2.05 bits per heavy atom. The van der Waals surface area contributed by atoms with Gasteiger partial charge in [-0.25, -0.2) is 9.18 Å². The van der Waals surface area contributed by atoms with Crippen molar-refractivity contribution < 1.29 is 23.6 Å². The molecule has 1 unspecified atom stereocenters. The second-order valence-electron chi connectivity index (χ2n) is 4.08. The van der Waals surface area contributed by atoms with Crippen molar-refractivity contribution in [1.82, 2.24) is 5.32 Å². The number of anilines is 1. The van der Waals surface area contributed by atoms with Crippen LogP contribution in [-0.4, -0.2) is 37.0 Å². The average Bonchev–Trinajstić information content (AvgIpc) is 2.46. The quantitative estimate of drug-likeness (QED) is 0.478. The third-order valence-corrected chi connectivity index (χ3v) is 2.70. The molecule has 1 aromatic carbocycles. The highest BCUT2D eigenvalue weighted by atomic mass is 19.1. The van der Waals surface area contributed by atoms with Gasteiger partial charge in [-0.05, 0) is 13.0 Å². The van der Waals surface area contributed by atoms with E-state index in [1.807, 2.05) is 0 Å². The van der Waals surface area contributed by atoms with Gasteiger partial charge in [0.1, 0.15) is 17.5 Å². The SMILES string of the molecule is CNC(=O)C(C)Nc1cc(C(=O)OC)c(F)cc1[N+](=O)[O-]. The van der Waals surface area contributed by atoms with Crippen molar-refractivity contribution in [3.05, 3.63) is 33.6 Å². The van der Waals surface area contributed by atoms with Crippen molar-refractivity contribution >= 4 is 23.3 Å². The number of nitro groups is 1. The number of carbonyl (C=O) groups excluding carboxylic acids is 2. The Kier molecular flexibility index (Phi) is 5.17. The summed E-state index contributed by atoms with van der Waals surface area (Å²) < 4.78 is 18.1. The minimum atomic E-state index is -1.08. The highest BCUT2D eigenvalue weighted by Crippen LogP contribution is 2.28. The number of hydrogen-bond donors (Lipinski definition) is 2. The summed E-state index contributed by atoms with van der Waals surface area (Å²) in [5.41, 5.74) is -1.21. The molecule has 1 amide bonds. The molecule has 8 nitrogen and oxygen atoms in total. The zero-order chi connectivity index (χ0) is 16.2. The van der Waals surface area contributed by atoms with E-state index in [2.05, 4.69) is 15.4 Å². The van der Waals surface area contributed by atoms with Crippen LogP contribution in [0.2, 0.25) is 0 Å². The number of nitrogens with zero attached hydrogens (tertiary/aromatic N) is 1. The van der Waals surface area contributed by atoms with Gasteiger partial charge >= 0.3 is 5.97 Å². The number of likely N-dealkylation sites (N-methyl/N-ethyl adjacent to an activating group) is 1. The number of nitro benzene ring substituents is 1. The Bertz CT molecular complexity index is 591. The maximum atomic E-state index is 13.7. The molecule has 1 atom stereocenters. The number of benzene rings is 1. The van der Waals surface area contributed by atoms with E-state index in [1.165, 1.54) is 14.0 Å². The molecule has 0 aliphatic heterocycles. The zero-order valence-electron chi connectivity index (χ0n) is 11.6. The minimum absolute atomic E-state index is 0.155. The molecule has 1 rings (SSSR count). The number of nitrogens with one attached hydrogen (secondary N) is 2. The number of hydrogen-bond acceptors (Lipinski definition) is 6. The Morgan fingerprint density at radius 3 is 2.52 bits per heavy atom. The first-order chi connectivity index (χ1) is 9.81. The van der Waals surface area contributed by atoms with Gasteiger partial charge in [0.05, 0.1) is 23.7 Å². The summed E-state index contributed by atoms with van der Waals surface area (Å²) in [5.74, 6) is -2.47. The molecule has 0 radical (unpaired) electrons. The summed E-state index contributed by atoms with van der Waals surface area (Å²) in [6.07, 6.45) is 0. The van der Waals surface area contributed by atoms with E-state index in [-0.39, 0.29) is 5.69 Å². The molecule has 0 saturated heterocycles. The van der Waals surface area contributed by atoms with Crippen LogP contribution < -0.4 is 10.6 Å². The van der Waals surface area contributed by atoms with Gasteiger partial charge in [-0.15, -0.1) is 0 Å². The number of methoxy groups -OCH3 is 1. The van der Waals surface area contributed by atoms with E-state index in [1.54, 1.807) is 0 Å². The fourth-order valence-electron chi connectivity index (χ4n) is 1.61. The molecule has 9 heteroatoms. The van der Waals surface area contributed by atoms with Gasteiger partial charge in [-0.3, -0.25) is 14.9 Å². The van der Waals surface area contributed by atoms with Crippen LogP contribution in [0, 0.1) is 15.9 Å². The summed E-state index contributed by atoms with van der Waals surface area (Å²) in [7, 11) is 2.46. The van der Waals surface area contributed by atoms with E-state index in [0.29, 0.717) is 6.07 Å². The Morgan fingerprint density at radius 1 is 1.43 bits per heavy atom. The van der Waals surface area contributed by atoms with E-state index in [9.17, 15) is 24.1 Å². The standard InChI is InChI=1S/C12H14FN3O5/c1-6(11(17)14-2)15-9-4-7(12(18)21-3)8(13)5-10(9)16(19)20/h4-6,15H,1-3H3,(H,14,17). The summed E-state index contributed by atoms with van der Waals surface area (Å²) in [5, 5.41) is 15.8. The van der Waals surface area contributed by atoms with Crippen LogP contribution in [0.1, 0.15) is 17.3 Å². The van der Waals surface area contributed by atoms with Crippen molar-refractivity contribution in [1.29, 1.82) is 0 Å². The van der Waals surface area contributed by atoms with Crippen molar-refractivity contribution in [2.24, 2.45) is 0 Å². The average molecular weight is 299 g/mol. The van der Waals surface area contributed by atoms with Crippen LogP contribution in [0.5, 0.6) is 0 Å². The van der Waals surface area contributed by atoms with Gasteiger partial charge in [0, 0.05) is 7.05 Å². The topological polar surface area (TPSA) is 111 Å². The van der Waals surface area contributed by atoms with Gasteiger partial charge < -0.3 is 15.4 Å². The minimum Gasteiger partial charge on any atom is -0.465 e. The Hall–Kier alpha value is -2.71. The van der Waals surface area contributed by atoms with Crippen molar-refractivity contribution in [2.75, 3.05) is 19.5 Å². The summed E-state index contributed by atoms with van der Waals surface area (Å²) >= 11 is 0. The summed E-state index contributed by atoms with van der Waals surface area (Å²) in [6, 6.07) is 0.730. The molecule has 21 heavy (non-hydrogen) atoms. The first kappa shape index (κ1) is 16.3. The fraction of sp³-hybridized carbons (Fsp3) is 0.333. The zero-order valence-corrected chi connectivity index (χ0v) is 11.6. The highest BCUT2D eigenvalue weighted by Gasteiger charge is 2.24. The van der Waals surface area contributed by atoms with Gasteiger partial charge in [0.25, 0.3) is 5.69 Å². The molecular formula is C12H14FN3O5. The molecule has 2 N–H and O–H groups in total. The molecule has 0 aliphatic rings. The number of carbonyl (C=O) groups is 2. The van der Waals surface area contributed by atoms with E-state index >= 15 is 0 Å². The first-order valence-corrected chi connectivity index (χ1v) is 5.86. The van der Waals surface area contributed by atoms with Crippen LogP contribution in [0.15, 0.2) is 12.1 Å². The van der Waals surface area contributed by atoms with Crippen LogP contribution in [-0.2, 0) is 9.53 Å². The van der Waals surface area contributed by atoms with Crippen LogP contribution in [0.3, 0.4) is 0 Å². The monoisotopic (exact) mass is 299 g/mol. The number of amides is 1. The second-order valence-corrected chi connectivity index (χ2v) is 4.08. The molecular weight excluding hydrogens is 285 g/mol. The third kappa shape index (κ3) is 3.65.